The van der Waals surface area contributed by atoms with Crippen LogP contribution in [0.15, 0.2) is 0 Å². The monoisotopic (exact) mass is 293 g/mol. The lowest BCUT2D eigenvalue weighted by Gasteiger charge is -2.38. The molecule has 1 aromatic heterocycles. The summed E-state index contributed by atoms with van der Waals surface area (Å²) in [6.07, 6.45) is 6.89. The molecule has 4 nitrogen and oxygen atoms in total. The number of amides is 1. The van der Waals surface area contributed by atoms with Crippen LogP contribution in [0.1, 0.15) is 50.1 Å². The van der Waals surface area contributed by atoms with Crippen molar-refractivity contribution in [3.05, 3.63) is 10.6 Å². The van der Waals surface area contributed by atoms with Crippen molar-refractivity contribution in [2.24, 2.45) is 5.41 Å². The molecular formula is C15H23N3OS. The molecule has 5 heteroatoms. The van der Waals surface area contributed by atoms with E-state index >= 15 is 0 Å². The SMILES string of the molecule is CC1(C)CCCNC1C(=O)Nc1nc2c(s1)CCCC2. The summed E-state index contributed by atoms with van der Waals surface area (Å²) >= 11 is 1.66. The lowest BCUT2D eigenvalue weighted by Crippen LogP contribution is -2.53. The largest absolute Gasteiger partial charge is 0.305 e. The van der Waals surface area contributed by atoms with E-state index in [4.69, 9.17) is 0 Å². The first kappa shape index (κ1) is 14.0. The molecule has 0 saturated carbocycles. The molecule has 2 aliphatic rings. The molecule has 1 atom stereocenters. The highest BCUT2D eigenvalue weighted by Gasteiger charge is 2.37. The number of hydrogen-bond donors (Lipinski definition) is 2. The normalized spacial score (nSPS) is 25.0. The highest BCUT2D eigenvalue weighted by atomic mass is 32.1. The molecule has 0 aromatic carbocycles. The minimum absolute atomic E-state index is 0.0131. The second-order valence-corrected chi connectivity index (χ2v) is 7.65. The summed E-state index contributed by atoms with van der Waals surface area (Å²) in [4.78, 5) is 18.4. The molecular weight excluding hydrogens is 270 g/mol. The lowest BCUT2D eigenvalue weighted by atomic mass is 9.77. The van der Waals surface area contributed by atoms with Gasteiger partial charge in [-0.25, -0.2) is 4.98 Å². The van der Waals surface area contributed by atoms with Gasteiger partial charge in [0, 0.05) is 4.88 Å². The van der Waals surface area contributed by atoms with Crippen molar-refractivity contribution in [3.8, 4) is 0 Å². The van der Waals surface area contributed by atoms with Gasteiger partial charge in [0.2, 0.25) is 5.91 Å². The van der Waals surface area contributed by atoms with E-state index in [1.807, 2.05) is 0 Å². The Morgan fingerprint density at radius 2 is 2.15 bits per heavy atom. The molecule has 1 fully saturated rings. The number of piperidine rings is 1. The molecule has 1 aromatic rings. The zero-order valence-corrected chi connectivity index (χ0v) is 13.1. The van der Waals surface area contributed by atoms with E-state index in [0.29, 0.717) is 0 Å². The summed E-state index contributed by atoms with van der Waals surface area (Å²) in [5.41, 5.74) is 1.21. The maximum absolute atomic E-state index is 12.5. The number of aryl methyl sites for hydroxylation is 2. The van der Waals surface area contributed by atoms with Crippen molar-refractivity contribution in [1.82, 2.24) is 10.3 Å². The van der Waals surface area contributed by atoms with Crippen molar-refractivity contribution < 1.29 is 4.79 Å². The summed E-state index contributed by atoms with van der Waals surface area (Å²) in [5, 5.41) is 7.17. The van der Waals surface area contributed by atoms with Crippen LogP contribution in [-0.4, -0.2) is 23.5 Å². The molecule has 0 radical (unpaired) electrons. The lowest BCUT2D eigenvalue weighted by molar-refractivity contribution is -0.121. The zero-order chi connectivity index (χ0) is 14.2. The van der Waals surface area contributed by atoms with Gasteiger partial charge in [0.05, 0.1) is 11.7 Å². The molecule has 110 valence electrons. The molecule has 2 heterocycles. The van der Waals surface area contributed by atoms with Crippen LogP contribution in [0, 0.1) is 5.41 Å². The predicted octanol–water partition coefficient (Wildman–Crippen LogP) is 2.74. The Hall–Kier alpha value is -0.940. The van der Waals surface area contributed by atoms with E-state index in [-0.39, 0.29) is 17.4 Å². The molecule has 0 spiro atoms. The second-order valence-electron chi connectivity index (χ2n) is 6.56. The summed E-state index contributed by atoms with van der Waals surface area (Å²) in [6, 6.07) is -0.114. The number of aromatic nitrogens is 1. The van der Waals surface area contributed by atoms with Crippen molar-refractivity contribution in [1.29, 1.82) is 0 Å². The van der Waals surface area contributed by atoms with Crippen molar-refractivity contribution in [3.63, 3.8) is 0 Å². The Morgan fingerprint density at radius 1 is 1.35 bits per heavy atom. The van der Waals surface area contributed by atoms with Crippen molar-refractivity contribution in [2.45, 2.75) is 58.4 Å². The van der Waals surface area contributed by atoms with Gasteiger partial charge in [-0.2, -0.15) is 0 Å². The number of carbonyl (C=O) groups is 1. The predicted molar refractivity (Wildman–Crippen MR) is 82.2 cm³/mol. The first-order valence-electron chi connectivity index (χ1n) is 7.59. The molecule has 1 aliphatic heterocycles. The minimum Gasteiger partial charge on any atom is -0.305 e. The second kappa shape index (κ2) is 5.45. The third-order valence-corrected chi connectivity index (χ3v) is 5.54. The Balaban J connectivity index is 1.70. The molecule has 20 heavy (non-hydrogen) atoms. The topological polar surface area (TPSA) is 54.0 Å². The average molecular weight is 293 g/mol. The Morgan fingerprint density at radius 3 is 2.90 bits per heavy atom. The van der Waals surface area contributed by atoms with E-state index in [1.165, 1.54) is 23.4 Å². The first-order valence-corrected chi connectivity index (χ1v) is 8.41. The Kier molecular flexibility index (Phi) is 3.82. The Bertz CT molecular complexity index is 486. The Labute approximate surface area is 124 Å². The number of nitrogens with zero attached hydrogens (tertiary/aromatic N) is 1. The summed E-state index contributed by atoms with van der Waals surface area (Å²) < 4.78 is 0. The molecule has 1 amide bonds. The van der Waals surface area contributed by atoms with Gasteiger partial charge < -0.3 is 10.6 Å². The number of anilines is 1. The summed E-state index contributed by atoms with van der Waals surface area (Å²) in [5.74, 6) is 0.0702. The van der Waals surface area contributed by atoms with Crippen LogP contribution < -0.4 is 10.6 Å². The van der Waals surface area contributed by atoms with E-state index < -0.39 is 0 Å². The van der Waals surface area contributed by atoms with Crippen LogP contribution in [0.3, 0.4) is 0 Å². The number of fused-ring (bicyclic) bond motifs is 1. The quantitative estimate of drug-likeness (QED) is 0.881. The van der Waals surface area contributed by atoms with Gasteiger partial charge in [-0.1, -0.05) is 13.8 Å². The zero-order valence-electron chi connectivity index (χ0n) is 12.3. The highest BCUT2D eigenvalue weighted by Crippen LogP contribution is 2.33. The van der Waals surface area contributed by atoms with Crippen molar-refractivity contribution in [2.75, 3.05) is 11.9 Å². The van der Waals surface area contributed by atoms with Crippen LogP contribution >= 0.6 is 11.3 Å². The average Bonchev–Trinajstić information content (AvgIpc) is 2.80. The standard InChI is InChI=1S/C15H23N3OS/c1-15(2)8-5-9-16-12(15)13(19)18-14-17-10-6-3-4-7-11(10)20-14/h12,16H,3-9H2,1-2H3,(H,17,18,19). The fraction of sp³-hybridized carbons (Fsp3) is 0.733. The molecule has 3 rings (SSSR count). The fourth-order valence-corrected chi connectivity index (χ4v) is 4.29. The number of rotatable bonds is 2. The van der Waals surface area contributed by atoms with Crippen LogP contribution in [0.5, 0.6) is 0 Å². The number of hydrogen-bond acceptors (Lipinski definition) is 4. The fourth-order valence-electron chi connectivity index (χ4n) is 3.24. The molecule has 1 unspecified atom stereocenters. The first-order chi connectivity index (χ1) is 9.56. The van der Waals surface area contributed by atoms with E-state index in [0.717, 1.165) is 37.4 Å². The van der Waals surface area contributed by atoms with E-state index in [2.05, 4.69) is 29.5 Å². The minimum atomic E-state index is -0.114. The summed E-state index contributed by atoms with van der Waals surface area (Å²) in [6.45, 7) is 5.25. The van der Waals surface area contributed by atoms with Gasteiger partial charge in [0.15, 0.2) is 5.13 Å². The van der Waals surface area contributed by atoms with Crippen molar-refractivity contribution >= 4 is 22.4 Å². The maximum atomic E-state index is 12.5. The van der Waals surface area contributed by atoms with Gasteiger partial charge in [0.25, 0.3) is 0 Å². The van der Waals surface area contributed by atoms with Crippen LogP contribution in [0.2, 0.25) is 0 Å². The third-order valence-electron chi connectivity index (χ3n) is 4.47. The van der Waals surface area contributed by atoms with Gasteiger partial charge in [-0.05, 0) is 50.5 Å². The highest BCUT2D eigenvalue weighted by molar-refractivity contribution is 7.15. The van der Waals surface area contributed by atoms with E-state index in [1.54, 1.807) is 11.3 Å². The summed E-state index contributed by atoms with van der Waals surface area (Å²) in [7, 11) is 0. The van der Waals surface area contributed by atoms with E-state index in [9.17, 15) is 4.79 Å². The molecule has 0 bridgehead atoms. The van der Waals surface area contributed by atoms with Gasteiger partial charge in [-0.3, -0.25) is 4.79 Å². The smallest absolute Gasteiger partial charge is 0.243 e. The van der Waals surface area contributed by atoms with Crippen LogP contribution in [0.25, 0.3) is 0 Å². The maximum Gasteiger partial charge on any atom is 0.243 e. The van der Waals surface area contributed by atoms with Gasteiger partial charge >= 0.3 is 0 Å². The van der Waals surface area contributed by atoms with Gasteiger partial charge in [-0.15, -0.1) is 11.3 Å². The number of thiazole rings is 1. The molecule has 1 aliphatic carbocycles. The third kappa shape index (κ3) is 2.74. The van der Waals surface area contributed by atoms with Crippen LogP contribution in [0.4, 0.5) is 5.13 Å². The van der Waals surface area contributed by atoms with Crippen LogP contribution in [-0.2, 0) is 17.6 Å². The number of carbonyl (C=O) groups excluding carboxylic acids is 1. The number of nitrogens with one attached hydrogen (secondary N) is 2. The van der Waals surface area contributed by atoms with Gasteiger partial charge in [0.1, 0.15) is 0 Å². The molecule has 1 saturated heterocycles. The molecule has 2 N–H and O–H groups in total.